The number of hydrogen-bond donors (Lipinski definition) is 4. The van der Waals surface area contributed by atoms with Crippen LogP contribution >= 0.6 is 0 Å². The van der Waals surface area contributed by atoms with E-state index in [1.54, 1.807) is 25.1 Å². The van der Waals surface area contributed by atoms with E-state index >= 15 is 0 Å². The van der Waals surface area contributed by atoms with Crippen molar-refractivity contribution in [2.45, 2.75) is 43.9 Å². The third-order valence-electron chi connectivity index (χ3n) is 4.02. The second kappa shape index (κ2) is 7.76. The number of ketones is 1. The molecule has 1 aliphatic heterocycles. The zero-order valence-electron chi connectivity index (χ0n) is 13.5. The molecule has 7 nitrogen and oxygen atoms in total. The molecular formula is C17H22O7. The standard InChI is InChI=1S/C17H22O7/c1-9-15(20)17(22)16(21)14(24-9)8-11(18)5-3-10-4-6-12(19)13(7-10)23-2/h3-7,9,14-17,19-22H,8H2,1-2H3. The molecule has 4 N–H and O–H groups in total. The molecule has 132 valence electrons. The van der Waals surface area contributed by atoms with Gasteiger partial charge >= 0.3 is 0 Å². The number of carbonyl (C=O) groups is 1. The van der Waals surface area contributed by atoms with E-state index in [0.717, 1.165) is 0 Å². The van der Waals surface area contributed by atoms with Gasteiger partial charge in [0, 0.05) is 6.42 Å². The number of methoxy groups -OCH3 is 1. The van der Waals surface area contributed by atoms with Crippen LogP contribution in [0.15, 0.2) is 24.3 Å². The van der Waals surface area contributed by atoms with Crippen LogP contribution in [0, 0.1) is 0 Å². The molecular weight excluding hydrogens is 316 g/mol. The summed E-state index contributed by atoms with van der Waals surface area (Å²) in [4.78, 5) is 12.0. The molecule has 0 radical (unpaired) electrons. The molecule has 0 aliphatic carbocycles. The number of allylic oxidation sites excluding steroid dienone is 1. The Balaban J connectivity index is 2.00. The Hall–Kier alpha value is -1.93. The SMILES string of the molecule is COc1cc(C=CC(=O)CC2OC(C)C(O)C(O)C2O)ccc1O. The summed E-state index contributed by atoms with van der Waals surface area (Å²) in [6, 6.07) is 4.65. The van der Waals surface area contributed by atoms with Crippen LogP contribution in [0.1, 0.15) is 18.9 Å². The van der Waals surface area contributed by atoms with Gasteiger partial charge in [0.25, 0.3) is 0 Å². The van der Waals surface area contributed by atoms with E-state index in [1.807, 2.05) is 0 Å². The fraction of sp³-hybridized carbons (Fsp3) is 0.471. The topological polar surface area (TPSA) is 116 Å². The van der Waals surface area contributed by atoms with Crippen molar-refractivity contribution in [1.82, 2.24) is 0 Å². The first kappa shape index (κ1) is 18.4. The summed E-state index contributed by atoms with van der Waals surface area (Å²) in [5, 5.41) is 38.8. The van der Waals surface area contributed by atoms with Gasteiger partial charge in [0.15, 0.2) is 17.3 Å². The van der Waals surface area contributed by atoms with E-state index in [1.165, 1.54) is 19.3 Å². The zero-order valence-corrected chi connectivity index (χ0v) is 13.5. The quantitative estimate of drug-likeness (QED) is 0.568. The Morgan fingerprint density at radius 3 is 2.62 bits per heavy atom. The maximum Gasteiger partial charge on any atom is 0.161 e. The Kier molecular flexibility index (Phi) is 5.95. The highest BCUT2D eigenvalue weighted by atomic mass is 16.5. The summed E-state index contributed by atoms with van der Waals surface area (Å²) in [7, 11) is 1.43. The van der Waals surface area contributed by atoms with Crippen LogP contribution in [0.4, 0.5) is 0 Å². The summed E-state index contributed by atoms with van der Waals surface area (Å²) in [6.07, 6.45) is -2.68. The number of benzene rings is 1. The monoisotopic (exact) mass is 338 g/mol. The first-order chi connectivity index (χ1) is 11.3. The van der Waals surface area contributed by atoms with Gasteiger partial charge in [-0.25, -0.2) is 0 Å². The molecule has 0 spiro atoms. The molecule has 0 saturated carbocycles. The predicted molar refractivity (Wildman–Crippen MR) is 85.7 cm³/mol. The van der Waals surface area contributed by atoms with Gasteiger partial charge in [-0.3, -0.25) is 4.79 Å². The van der Waals surface area contributed by atoms with Gasteiger partial charge in [0.05, 0.1) is 19.3 Å². The van der Waals surface area contributed by atoms with E-state index in [2.05, 4.69) is 0 Å². The molecule has 24 heavy (non-hydrogen) atoms. The zero-order chi connectivity index (χ0) is 17.9. The number of aliphatic hydroxyl groups excluding tert-OH is 3. The van der Waals surface area contributed by atoms with Crippen molar-refractivity contribution in [3.05, 3.63) is 29.8 Å². The largest absolute Gasteiger partial charge is 0.504 e. The summed E-state index contributed by atoms with van der Waals surface area (Å²) in [5.41, 5.74) is 0.659. The smallest absolute Gasteiger partial charge is 0.161 e. The lowest BCUT2D eigenvalue weighted by atomic mass is 9.93. The maximum atomic E-state index is 12.0. The lowest BCUT2D eigenvalue weighted by Gasteiger charge is -2.39. The van der Waals surface area contributed by atoms with Crippen molar-refractivity contribution in [3.8, 4) is 11.5 Å². The van der Waals surface area contributed by atoms with Crippen LogP contribution in [0.25, 0.3) is 6.08 Å². The van der Waals surface area contributed by atoms with Crippen LogP contribution in [0.2, 0.25) is 0 Å². The Morgan fingerprint density at radius 1 is 1.25 bits per heavy atom. The average Bonchev–Trinajstić information content (AvgIpc) is 2.57. The number of phenols is 1. The molecule has 1 saturated heterocycles. The van der Waals surface area contributed by atoms with Crippen LogP contribution in [0.5, 0.6) is 11.5 Å². The van der Waals surface area contributed by atoms with E-state index < -0.39 is 30.5 Å². The van der Waals surface area contributed by atoms with Crippen LogP contribution in [-0.2, 0) is 9.53 Å². The molecule has 1 aromatic rings. The van der Waals surface area contributed by atoms with Gasteiger partial charge in [-0.05, 0) is 30.7 Å². The highest BCUT2D eigenvalue weighted by Crippen LogP contribution is 2.27. The van der Waals surface area contributed by atoms with Crippen molar-refractivity contribution in [2.24, 2.45) is 0 Å². The van der Waals surface area contributed by atoms with E-state index in [0.29, 0.717) is 11.3 Å². The van der Waals surface area contributed by atoms with Crippen molar-refractivity contribution < 1.29 is 34.7 Å². The second-order valence-corrected chi connectivity index (χ2v) is 5.79. The summed E-state index contributed by atoms with van der Waals surface area (Å²) >= 11 is 0. The number of aliphatic hydroxyl groups is 3. The minimum Gasteiger partial charge on any atom is -0.504 e. The predicted octanol–water partition coefficient (Wildman–Crippen LogP) is 0.243. The number of hydrogen-bond acceptors (Lipinski definition) is 7. The maximum absolute atomic E-state index is 12.0. The van der Waals surface area contributed by atoms with Gasteiger partial charge in [-0.2, -0.15) is 0 Å². The second-order valence-electron chi connectivity index (χ2n) is 5.79. The third kappa shape index (κ3) is 4.12. The fourth-order valence-corrected chi connectivity index (χ4v) is 2.56. The molecule has 1 fully saturated rings. The van der Waals surface area contributed by atoms with Crippen LogP contribution in [-0.4, -0.2) is 63.8 Å². The Bertz CT molecular complexity index is 613. The lowest BCUT2D eigenvalue weighted by Crippen LogP contribution is -2.56. The highest BCUT2D eigenvalue weighted by molar-refractivity contribution is 5.94. The Morgan fingerprint density at radius 2 is 1.96 bits per heavy atom. The first-order valence-corrected chi connectivity index (χ1v) is 7.61. The molecule has 0 bridgehead atoms. The summed E-state index contributed by atoms with van der Waals surface area (Å²) < 4.78 is 10.4. The van der Waals surface area contributed by atoms with Gasteiger partial charge in [0.1, 0.15) is 18.3 Å². The van der Waals surface area contributed by atoms with Gasteiger partial charge in [0.2, 0.25) is 0 Å². The molecule has 5 atom stereocenters. The minimum atomic E-state index is -1.35. The van der Waals surface area contributed by atoms with E-state index in [9.17, 15) is 25.2 Å². The van der Waals surface area contributed by atoms with Crippen molar-refractivity contribution in [2.75, 3.05) is 7.11 Å². The fourth-order valence-electron chi connectivity index (χ4n) is 2.56. The molecule has 1 heterocycles. The van der Waals surface area contributed by atoms with Gasteiger partial charge in [-0.1, -0.05) is 12.1 Å². The number of phenolic OH excluding ortho intramolecular Hbond substituents is 1. The number of carbonyl (C=O) groups excluding carboxylic acids is 1. The molecule has 0 aromatic heterocycles. The molecule has 2 rings (SSSR count). The van der Waals surface area contributed by atoms with Crippen molar-refractivity contribution in [1.29, 1.82) is 0 Å². The van der Waals surface area contributed by atoms with Crippen LogP contribution in [0.3, 0.4) is 0 Å². The third-order valence-corrected chi connectivity index (χ3v) is 4.02. The van der Waals surface area contributed by atoms with Crippen LogP contribution < -0.4 is 4.74 Å². The van der Waals surface area contributed by atoms with Gasteiger partial charge < -0.3 is 29.9 Å². The first-order valence-electron chi connectivity index (χ1n) is 7.61. The lowest BCUT2D eigenvalue weighted by molar-refractivity contribution is -0.217. The Labute approximate surface area is 139 Å². The molecule has 0 amide bonds. The normalized spacial score (nSPS) is 30.5. The number of ether oxygens (including phenoxy) is 2. The minimum absolute atomic E-state index is 0.00115. The number of rotatable bonds is 5. The van der Waals surface area contributed by atoms with E-state index in [-0.39, 0.29) is 18.0 Å². The highest BCUT2D eigenvalue weighted by Gasteiger charge is 2.41. The van der Waals surface area contributed by atoms with Crippen molar-refractivity contribution >= 4 is 11.9 Å². The summed E-state index contributed by atoms with van der Waals surface area (Å²) in [5.74, 6) is -0.00955. The molecule has 1 aliphatic rings. The van der Waals surface area contributed by atoms with Gasteiger partial charge in [-0.15, -0.1) is 0 Å². The molecule has 7 heteroatoms. The summed E-state index contributed by atoms with van der Waals surface area (Å²) in [6.45, 7) is 1.57. The van der Waals surface area contributed by atoms with E-state index in [4.69, 9.17) is 9.47 Å². The van der Waals surface area contributed by atoms with Crippen molar-refractivity contribution in [3.63, 3.8) is 0 Å². The number of aromatic hydroxyl groups is 1. The average molecular weight is 338 g/mol. The molecule has 1 aromatic carbocycles. The molecule has 5 unspecified atom stereocenters.